The van der Waals surface area contributed by atoms with E-state index in [2.05, 4.69) is 15.9 Å². The lowest BCUT2D eigenvalue weighted by Crippen LogP contribution is -2.09. The van der Waals surface area contributed by atoms with Crippen molar-refractivity contribution in [3.8, 4) is 5.75 Å². The summed E-state index contributed by atoms with van der Waals surface area (Å²) in [7, 11) is 1.39. The molecule has 2 N–H and O–H groups in total. The molecule has 0 saturated carbocycles. The molecule has 3 nitrogen and oxygen atoms in total. The number of hydrogen-bond acceptors (Lipinski definition) is 3. The van der Waals surface area contributed by atoms with Gasteiger partial charge in [0, 0.05) is 6.42 Å². The fourth-order valence-corrected chi connectivity index (χ4v) is 1.72. The summed E-state index contributed by atoms with van der Waals surface area (Å²) >= 11 is 3.03. The van der Waals surface area contributed by atoms with Crippen molar-refractivity contribution in [3.05, 3.63) is 28.0 Å². The molecule has 0 aliphatic carbocycles. The quantitative estimate of drug-likeness (QED) is 0.857. The number of carbonyl (C=O) groups excluding carboxylic acids is 1. The number of rotatable bonds is 4. The Balaban J connectivity index is 3.18. The first-order chi connectivity index (χ1) is 7.11. The van der Waals surface area contributed by atoms with E-state index >= 15 is 0 Å². The number of methoxy groups -OCH3 is 1. The average molecular weight is 276 g/mol. The first kappa shape index (κ1) is 12.1. The summed E-state index contributed by atoms with van der Waals surface area (Å²) in [5.41, 5.74) is 5.62. The average Bonchev–Trinajstić information content (AvgIpc) is 2.22. The minimum atomic E-state index is -0.462. The highest BCUT2D eigenvalue weighted by Gasteiger charge is 2.16. The van der Waals surface area contributed by atoms with Crippen LogP contribution in [0.5, 0.6) is 5.75 Å². The van der Waals surface area contributed by atoms with Crippen LogP contribution in [0.3, 0.4) is 0 Å². The van der Waals surface area contributed by atoms with Crippen LogP contribution in [-0.2, 0) is 0 Å². The fourth-order valence-electron chi connectivity index (χ4n) is 1.22. The van der Waals surface area contributed by atoms with E-state index in [1.165, 1.54) is 19.2 Å². The third-order valence-electron chi connectivity index (χ3n) is 1.93. The molecular weight excluding hydrogens is 265 g/mol. The van der Waals surface area contributed by atoms with Crippen LogP contribution < -0.4 is 10.5 Å². The molecule has 0 aliphatic heterocycles. The summed E-state index contributed by atoms with van der Waals surface area (Å²) in [6, 6.07) is 2.62. The Hall–Kier alpha value is -0.940. The Morgan fingerprint density at radius 2 is 2.27 bits per heavy atom. The molecule has 15 heavy (non-hydrogen) atoms. The van der Waals surface area contributed by atoms with Gasteiger partial charge in [0.05, 0.1) is 17.1 Å². The van der Waals surface area contributed by atoms with Gasteiger partial charge in [0.15, 0.2) is 5.78 Å². The first-order valence-corrected chi connectivity index (χ1v) is 5.16. The van der Waals surface area contributed by atoms with Gasteiger partial charge in [-0.3, -0.25) is 4.79 Å². The van der Waals surface area contributed by atoms with Gasteiger partial charge in [-0.25, -0.2) is 4.39 Å². The van der Waals surface area contributed by atoms with Crippen LogP contribution >= 0.6 is 15.9 Å². The van der Waals surface area contributed by atoms with Gasteiger partial charge < -0.3 is 10.5 Å². The predicted octanol–water partition coefficient (Wildman–Crippen LogP) is 2.13. The SMILES string of the molecule is COc1c(C(=O)CCN)ccc(F)c1Br. The summed E-state index contributed by atoms with van der Waals surface area (Å²) in [6.07, 6.45) is 0.217. The highest BCUT2D eigenvalue weighted by molar-refractivity contribution is 9.10. The normalized spacial score (nSPS) is 10.1. The summed E-state index contributed by atoms with van der Waals surface area (Å²) in [6.45, 7) is 0.261. The number of benzene rings is 1. The third kappa shape index (κ3) is 2.54. The second-order valence-electron chi connectivity index (χ2n) is 2.90. The smallest absolute Gasteiger partial charge is 0.167 e. The van der Waals surface area contributed by atoms with Crippen molar-refractivity contribution in [3.63, 3.8) is 0 Å². The molecule has 1 aromatic rings. The van der Waals surface area contributed by atoms with Crippen molar-refractivity contribution in [2.45, 2.75) is 6.42 Å². The molecule has 0 spiro atoms. The lowest BCUT2D eigenvalue weighted by molar-refractivity contribution is 0.0982. The molecule has 0 aromatic heterocycles. The van der Waals surface area contributed by atoms with Crippen molar-refractivity contribution >= 4 is 21.7 Å². The van der Waals surface area contributed by atoms with Gasteiger partial charge >= 0.3 is 0 Å². The standard InChI is InChI=1S/C10H11BrFNO2/c1-15-10-6(8(14)4-5-13)2-3-7(12)9(10)11/h2-3H,4-5,13H2,1H3. The molecule has 1 aromatic carbocycles. The highest BCUT2D eigenvalue weighted by atomic mass is 79.9. The zero-order valence-electron chi connectivity index (χ0n) is 8.22. The number of ether oxygens (including phenoxy) is 1. The van der Waals surface area contributed by atoms with Gasteiger partial charge in [-0.05, 0) is 34.6 Å². The van der Waals surface area contributed by atoms with Crippen molar-refractivity contribution in [2.24, 2.45) is 5.73 Å². The second kappa shape index (κ2) is 5.23. The van der Waals surface area contributed by atoms with E-state index in [9.17, 15) is 9.18 Å². The zero-order valence-corrected chi connectivity index (χ0v) is 9.80. The number of hydrogen-bond donors (Lipinski definition) is 1. The maximum absolute atomic E-state index is 13.1. The van der Waals surface area contributed by atoms with Gasteiger partial charge in [-0.15, -0.1) is 0 Å². The molecule has 0 bridgehead atoms. The number of Topliss-reactive ketones (excluding diaryl/α,β-unsaturated/α-hetero) is 1. The van der Waals surface area contributed by atoms with Crippen LogP contribution in [0.4, 0.5) is 4.39 Å². The lowest BCUT2D eigenvalue weighted by atomic mass is 10.1. The van der Waals surface area contributed by atoms with E-state index in [1.807, 2.05) is 0 Å². The molecule has 82 valence electrons. The van der Waals surface area contributed by atoms with Crippen molar-refractivity contribution in [1.29, 1.82) is 0 Å². The number of ketones is 1. The zero-order chi connectivity index (χ0) is 11.4. The summed E-state index contributed by atoms with van der Waals surface area (Å²) in [5.74, 6) is -0.403. The van der Waals surface area contributed by atoms with Gasteiger partial charge in [-0.1, -0.05) is 0 Å². The van der Waals surface area contributed by atoms with E-state index in [0.29, 0.717) is 5.56 Å². The Labute approximate surface area is 95.5 Å². The monoisotopic (exact) mass is 275 g/mol. The largest absolute Gasteiger partial charge is 0.495 e. The van der Waals surface area contributed by atoms with E-state index < -0.39 is 5.82 Å². The number of carbonyl (C=O) groups is 1. The molecular formula is C10H11BrFNO2. The molecule has 0 heterocycles. The maximum atomic E-state index is 13.1. The van der Waals surface area contributed by atoms with Gasteiger partial charge in [0.1, 0.15) is 11.6 Å². The summed E-state index contributed by atoms with van der Waals surface area (Å²) < 4.78 is 18.3. The summed E-state index contributed by atoms with van der Waals surface area (Å²) in [4.78, 5) is 11.6. The Kier molecular flexibility index (Phi) is 4.23. The first-order valence-electron chi connectivity index (χ1n) is 4.37. The van der Waals surface area contributed by atoms with E-state index in [0.717, 1.165) is 0 Å². The van der Waals surface area contributed by atoms with Crippen LogP contribution in [0.25, 0.3) is 0 Å². The summed E-state index contributed by atoms with van der Waals surface area (Å²) in [5, 5.41) is 0. The minimum absolute atomic E-state index is 0.157. The number of halogens is 2. The fraction of sp³-hybridized carbons (Fsp3) is 0.300. The molecule has 0 radical (unpaired) electrons. The second-order valence-corrected chi connectivity index (χ2v) is 3.70. The van der Waals surface area contributed by atoms with E-state index in [4.69, 9.17) is 10.5 Å². The van der Waals surface area contributed by atoms with Crippen molar-refractivity contribution in [2.75, 3.05) is 13.7 Å². The molecule has 0 fully saturated rings. The van der Waals surface area contributed by atoms with Crippen LogP contribution in [-0.4, -0.2) is 19.4 Å². The lowest BCUT2D eigenvalue weighted by Gasteiger charge is -2.09. The minimum Gasteiger partial charge on any atom is -0.495 e. The topological polar surface area (TPSA) is 52.3 Å². The Bertz CT molecular complexity index is 382. The Morgan fingerprint density at radius 1 is 1.60 bits per heavy atom. The highest BCUT2D eigenvalue weighted by Crippen LogP contribution is 2.32. The van der Waals surface area contributed by atoms with Gasteiger partial charge in [0.25, 0.3) is 0 Å². The number of nitrogens with two attached hydrogens (primary N) is 1. The molecule has 0 saturated heterocycles. The molecule has 5 heteroatoms. The van der Waals surface area contributed by atoms with E-state index in [-0.39, 0.29) is 29.0 Å². The van der Waals surface area contributed by atoms with Crippen molar-refractivity contribution < 1.29 is 13.9 Å². The molecule has 0 aliphatic rings. The predicted molar refractivity (Wildman–Crippen MR) is 58.7 cm³/mol. The van der Waals surface area contributed by atoms with Crippen LogP contribution in [0.15, 0.2) is 16.6 Å². The van der Waals surface area contributed by atoms with Crippen LogP contribution in [0.2, 0.25) is 0 Å². The van der Waals surface area contributed by atoms with Crippen LogP contribution in [0, 0.1) is 5.82 Å². The van der Waals surface area contributed by atoms with Crippen molar-refractivity contribution in [1.82, 2.24) is 0 Å². The molecule has 0 atom stereocenters. The Morgan fingerprint density at radius 3 is 2.80 bits per heavy atom. The van der Waals surface area contributed by atoms with Gasteiger partial charge in [-0.2, -0.15) is 0 Å². The molecule has 0 amide bonds. The van der Waals surface area contributed by atoms with E-state index in [1.54, 1.807) is 0 Å². The maximum Gasteiger partial charge on any atom is 0.167 e. The van der Waals surface area contributed by atoms with Gasteiger partial charge in [0.2, 0.25) is 0 Å². The van der Waals surface area contributed by atoms with Crippen LogP contribution in [0.1, 0.15) is 16.8 Å². The molecule has 0 unspecified atom stereocenters. The molecule has 1 rings (SSSR count). The third-order valence-corrected chi connectivity index (χ3v) is 2.66.